The molecule has 1 saturated heterocycles. The molecule has 0 bridgehead atoms. The Morgan fingerprint density at radius 3 is 2.20 bits per heavy atom. The molecule has 0 saturated carbocycles. The maximum atomic E-state index is 13.3. The van der Waals surface area contributed by atoms with Gasteiger partial charge in [0.15, 0.2) is 12.6 Å². The first kappa shape index (κ1) is 30.2. The number of nitrogens with one attached hydrogen (secondary N) is 1. The Balaban J connectivity index is 1.28. The lowest BCUT2D eigenvalue weighted by Gasteiger charge is -2.48. The molecule has 4 atom stereocenters. The van der Waals surface area contributed by atoms with Crippen LogP contribution in [0.4, 0.5) is 10.1 Å². The molecule has 0 radical (unpaired) electrons. The number of β-lactam (4-membered cyclic amide) rings is 1. The molecule has 4 N–H and O–H groups in total. The quantitative estimate of drug-likeness (QED) is 0.167. The number of amides is 2. The van der Waals surface area contributed by atoms with E-state index >= 15 is 0 Å². The Morgan fingerprint density at radius 1 is 0.909 bits per heavy atom. The molecule has 2 amide bonds. The van der Waals surface area contributed by atoms with Crippen molar-refractivity contribution in [3.63, 3.8) is 0 Å². The molecule has 0 aliphatic carbocycles. The van der Waals surface area contributed by atoms with Gasteiger partial charge < -0.3 is 30.3 Å². The van der Waals surface area contributed by atoms with E-state index in [-0.39, 0.29) is 23.8 Å². The summed E-state index contributed by atoms with van der Waals surface area (Å²) in [6.07, 6.45) is -0.332. The number of phenolic OH excluding ortho intramolecular Hbond substituents is 1. The first-order chi connectivity index (χ1) is 21.2. The van der Waals surface area contributed by atoms with Crippen molar-refractivity contribution in [3.8, 4) is 11.5 Å². The molecular weight excluding hydrogens is 567 g/mol. The van der Waals surface area contributed by atoms with Crippen LogP contribution in [0.1, 0.15) is 47.7 Å². The standard InChI is InChI=1S/C34H31FN2O7/c35-23-13-11-21(12-14-23)28(38)18-17-27-32(37(33(27)41)24-9-5-2-6-10-24)26-16-15-25(19-29(26)39)44-20-30(40)36-31(34(42)43)22-7-3-1-4-8-22/h1-16,19,27-28,31-32,38-39H,17-18,20H2,(H,36,40)(H,42,43)/t27?,28?,31-,32?/m1/s1. The van der Waals surface area contributed by atoms with Gasteiger partial charge >= 0.3 is 5.97 Å². The Hall–Kier alpha value is -5.22. The van der Waals surface area contributed by atoms with E-state index in [1.807, 2.05) is 6.07 Å². The average Bonchev–Trinajstić information content (AvgIpc) is 3.03. The fourth-order valence-corrected chi connectivity index (χ4v) is 5.40. The Kier molecular flexibility index (Phi) is 9.20. The first-order valence-electron chi connectivity index (χ1n) is 14.1. The number of carboxylic acid groups (broad SMARTS) is 1. The van der Waals surface area contributed by atoms with Crippen molar-refractivity contribution < 1.29 is 38.8 Å². The molecule has 1 aliphatic heterocycles. The minimum Gasteiger partial charge on any atom is -0.507 e. The Morgan fingerprint density at radius 2 is 1.57 bits per heavy atom. The number of para-hydroxylation sites is 1. The van der Waals surface area contributed by atoms with Crippen molar-refractivity contribution in [1.29, 1.82) is 0 Å². The third-order valence-corrected chi connectivity index (χ3v) is 7.63. The number of aromatic hydroxyl groups is 1. The van der Waals surface area contributed by atoms with Crippen LogP contribution in [-0.2, 0) is 14.4 Å². The van der Waals surface area contributed by atoms with E-state index in [1.165, 1.54) is 30.3 Å². The van der Waals surface area contributed by atoms with Crippen LogP contribution in [-0.4, -0.2) is 39.7 Å². The van der Waals surface area contributed by atoms with Crippen LogP contribution in [0.3, 0.4) is 0 Å². The van der Waals surface area contributed by atoms with E-state index in [9.17, 15) is 34.1 Å². The molecule has 1 aliphatic rings. The van der Waals surface area contributed by atoms with E-state index in [0.717, 1.165) is 0 Å². The molecule has 0 spiro atoms. The van der Waals surface area contributed by atoms with E-state index in [1.54, 1.807) is 71.6 Å². The number of halogens is 1. The first-order valence-corrected chi connectivity index (χ1v) is 14.1. The maximum absolute atomic E-state index is 13.3. The van der Waals surface area contributed by atoms with Crippen LogP contribution in [0.15, 0.2) is 103 Å². The zero-order valence-corrected chi connectivity index (χ0v) is 23.5. The number of aliphatic hydroxyl groups excluding tert-OH is 1. The topological polar surface area (TPSA) is 136 Å². The largest absolute Gasteiger partial charge is 0.507 e. The van der Waals surface area contributed by atoms with Crippen LogP contribution in [0.5, 0.6) is 11.5 Å². The molecule has 5 rings (SSSR count). The third-order valence-electron chi connectivity index (χ3n) is 7.63. The normalized spacial score (nSPS) is 17.3. The minimum atomic E-state index is -1.25. The van der Waals surface area contributed by atoms with Gasteiger partial charge in [-0.25, -0.2) is 9.18 Å². The summed E-state index contributed by atoms with van der Waals surface area (Å²) in [5, 5.41) is 33.7. The summed E-state index contributed by atoms with van der Waals surface area (Å²) in [7, 11) is 0. The Bertz CT molecular complexity index is 1620. The summed E-state index contributed by atoms with van der Waals surface area (Å²) in [6.45, 7) is -0.489. The van der Waals surface area contributed by atoms with Gasteiger partial charge in [-0.1, -0.05) is 60.7 Å². The maximum Gasteiger partial charge on any atom is 0.330 e. The highest BCUT2D eigenvalue weighted by molar-refractivity contribution is 6.03. The van der Waals surface area contributed by atoms with Crippen molar-refractivity contribution in [2.45, 2.75) is 31.0 Å². The van der Waals surface area contributed by atoms with E-state index in [4.69, 9.17) is 4.74 Å². The summed E-state index contributed by atoms with van der Waals surface area (Å²) >= 11 is 0. The van der Waals surface area contributed by atoms with Gasteiger partial charge in [0.05, 0.1) is 18.1 Å². The highest BCUT2D eigenvalue weighted by atomic mass is 19.1. The van der Waals surface area contributed by atoms with Crippen LogP contribution in [0, 0.1) is 11.7 Å². The third kappa shape index (κ3) is 6.71. The summed E-state index contributed by atoms with van der Waals surface area (Å²) in [5.41, 5.74) is 2.07. The van der Waals surface area contributed by atoms with Gasteiger partial charge in [-0.05, 0) is 60.4 Å². The van der Waals surface area contributed by atoms with Gasteiger partial charge in [0.25, 0.3) is 5.91 Å². The number of carbonyl (C=O) groups is 3. The second-order valence-electron chi connectivity index (χ2n) is 10.5. The van der Waals surface area contributed by atoms with Gasteiger partial charge in [0.1, 0.15) is 17.3 Å². The number of benzene rings is 4. The molecule has 3 unspecified atom stereocenters. The highest BCUT2D eigenvalue weighted by Crippen LogP contribution is 2.49. The van der Waals surface area contributed by atoms with Crippen molar-refractivity contribution in [1.82, 2.24) is 5.32 Å². The predicted molar refractivity (Wildman–Crippen MR) is 159 cm³/mol. The fraction of sp³-hybridized carbons (Fsp3) is 0.206. The van der Waals surface area contributed by atoms with E-state index in [0.29, 0.717) is 28.8 Å². The molecule has 9 nitrogen and oxygen atoms in total. The number of aliphatic carboxylic acids is 1. The van der Waals surface area contributed by atoms with Gasteiger partial charge in [-0.3, -0.25) is 9.59 Å². The number of phenols is 1. The van der Waals surface area contributed by atoms with Crippen LogP contribution < -0.4 is 15.0 Å². The second-order valence-corrected chi connectivity index (χ2v) is 10.5. The summed E-state index contributed by atoms with van der Waals surface area (Å²) < 4.78 is 18.9. The molecule has 1 heterocycles. The number of anilines is 1. The van der Waals surface area contributed by atoms with Gasteiger partial charge in [0, 0.05) is 17.3 Å². The van der Waals surface area contributed by atoms with Crippen LogP contribution in [0.2, 0.25) is 0 Å². The molecule has 4 aromatic rings. The number of rotatable bonds is 12. The predicted octanol–water partition coefficient (Wildman–Crippen LogP) is 5.07. The second kappa shape index (κ2) is 13.4. The van der Waals surface area contributed by atoms with Crippen molar-refractivity contribution in [3.05, 3.63) is 126 Å². The van der Waals surface area contributed by atoms with E-state index in [2.05, 4.69) is 5.32 Å². The Labute approximate surface area is 253 Å². The lowest BCUT2D eigenvalue weighted by Crippen LogP contribution is -2.55. The van der Waals surface area contributed by atoms with Gasteiger partial charge in [-0.15, -0.1) is 0 Å². The monoisotopic (exact) mass is 598 g/mol. The lowest BCUT2D eigenvalue weighted by molar-refractivity contribution is -0.142. The zero-order chi connectivity index (χ0) is 31.2. The SMILES string of the molecule is O=C(COc1ccc(C2C(CCC(O)c3ccc(F)cc3)C(=O)N2c2ccccc2)c(O)c1)N[C@@H](C(=O)O)c1ccccc1. The smallest absolute Gasteiger partial charge is 0.330 e. The highest BCUT2D eigenvalue weighted by Gasteiger charge is 2.49. The van der Waals surface area contributed by atoms with Crippen LogP contribution >= 0.6 is 0 Å². The van der Waals surface area contributed by atoms with E-state index < -0.39 is 48.4 Å². The number of nitrogens with zero attached hydrogens (tertiary/aromatic N) is 1. The molecule has 44 heavy (non-hydrogen) atoms. The van der Waals surface area contributed by atoms with Crippen molar-refractivity contribution in [2.24, 2.45) is 5.92 Å². The van der Waals surface area contributed by atoms with Gasteiger partial charge in [-0.2, -0.15) is 0 Å². The fourth-order valence-electron chi connectivity index (χ4n) is 5.40. The molecule has 4 aromatic carbocycles. The van der Waals surface area contributed by atoms with Crippen LogP contribution in [0.25, 0.3) is 0 Å². The summed E-state index contributed by atoms with van der Waals surface area (Å²) in [5.74, 6) is -2.97. The summed E-state index contributed by atoms with van der Waals surface area (Å²) in [4.78, 5) is 39.1. The van der Waals surface area contributed by atoms with Crippen molar-refractivity contribution >= 4 is 23.5 Å². The summed E-state index contributed by atoms with van der Waals surface area (Å²) in [6, 6.07) is 25.6. The number of carboxylic acids is 1. The van der Waals surface area contributed by atoms with Gasteiger partial charge in [0.2, 0.25) is 5.91 Å². The minimum absolute atomic E-state index is 0.155. The molecule has 226 valence electrons. The molecule has 1 fully saturated rings. The number of hydrogen-bond acceptors (Lipinski definition) is 6. The number of carbonyl (C=O) groups excluding carboxylic acids is 2. The molecule has 0 aromatic heterocycles. The average molecular weight is 599 g/mol. The zero-order valence-electron chi connectivity index (χ0n) is 23.5. The lowest BCUT2D eigenvalue weighted by atomic mass is 9.78. The number of aliphatic hydroxyl groups is 1. The molecule has 10 heteroatoms. The number of ether oxygens (including phenoxy) is 1. The number of hydrogen-bond donors (Lipinski definition) is 4. The molecular formula is C34H31FN2O7. The van der Waals surface area contributed by atoms with Crippen molar-refractivity contribution in [2.75, 3.05) is 11.5 Å².